The lowest BCUT2D eigenvalue weighted by Gasteiger charge is -2.37. The van der Waals surface area contributed by atoms with Gasteiger partial charge in [-0.1, -0.05) is 0 Å². The molecule has 0 N–H and O–H groups in total. The Morgan fingerprint density at radius 1 is 1.17 bits per heavy atom. The van der Waals surface area contributed by atoms with Gasteiger partial charge in [-0.3, -0.25) is 9.18 Å². The first-order valence-corrected chi connectivity index (χ1v) is 8.67. The summed E-state index contributed by atoms with van der Waals surface area (Å²) >= 11 is 0. The van der Waals surface area contributed by atoms with Crippen LogP contribution in [0.1, 0.15) is 43.7 Å². The summed E-state index contributed by atoms with van der Waals surface area (Å²) < 4.78 is 12.8. The summed E-state index contributed by atoms with van der Waals surface area (Å²) in [6, 6.07) is 2.39. The minimum absolute atomic E-state index is 0.0940. The van der Waals surface area contributed by atoms with Crippen LogP contribution >= 0.6 is 0 Å². The van der Waals surface area contributed by atoms with E-state index in [0.29, 0.717) is 18.9 Å². The maximum atomic E-state index is 12.8. The Balaban J connectivity index is 1.37. The molecule has 23 heavy (non-hydrogen) atoms. The Morgan fingerprint density at radius 2 is 1.96 bits per heavy atom. The number of halogens is 1. The number of aromatic nitrogens is 2. The summed E-state index contributed by atoms with van der Waals surface area (Å²) in [5.74, 6) is 1.68. The third-order valence-corrected chi connectivity index (χ3v) is 5.36. The van der Waals surface area contributed by atoms with Gasteiger partial charge >= 0.3 is 0 Å². The quantitative estimate of drug-likeness (QED) is 0.853. The van der Waals surface area contributed by atoms with Crippen LogP contribution in [-0.4, -0.2) is 53.1 Å². The van der Waals surface area contributed by atoms with Crippen molar-refractivity contribution in [2.75, 3.05) is 31.2 Å². The van der Waals surface area contributed by atoms with Crippen molar-refractivity contribution >= 4 is 11.7 Å². The molecule has 2 aliphatic heterocycles. The van der Waals surface area contributed by atoms with Crippen molar-refractivity contribution in [3.05, 3.63) is 18.1 Å². The van der Waals surface area contributed by atoms with Crippen LogP contribution in [0.4, 0.5) is 10.2 Å². The summed E-state index contributed by atoms with van der Waals surface area (Å²) in [6.45, 7) is 2.01. The van der Waals surface area contributed by atoms with Gasteiger partial charge in [0.2, 0.25) is 5.91 Å². The molecule has 1 amide bonds. The molecule has 1 saturated carbocycles. The normalized spacial score (nSPS) is 26.1. The van der Waals surface area contributed by atoms with E-state index < -0.39 is 0 Å². The zero-order chi connectivity index (χ0) is 15.8. The number of likely N-dealkylation sites (tertiary alicyclic amines) is 1. The second-order valence-electron chi connectivity index (χ2n) is 7.06. The van der Waals surface area contributed by atoms with E-state index in [0.717, 1.165) is 37.4 Å². The number of anilines is 1. The van der Waals surface area contributed by atoms with Crippen molar-refractivity contribution in [1.29, 1.82) is 0 Å². The van der Waals surface area contributed by atoms with Crippen molar-refractivity contribution in [3.8, 4) is 0 Å². The molecule has 3 heterocycles. The first-order valence-electron chi connectivity index (χ1n) is 8.67. The third kappa shape index (κ3) is 3.03. The van der Waals surface area contributed by atoms with Crippen LogP contribution < -0.4 is 4.90 Å². The van der Waals surface area contributed by atoms with E-state index in [4.69, 9.17) is 0 Å². The number of hydrogen-bond acceptors (Lipinski definition) is 4. The fourth-order valence-electron chi connectivity index (χ4n) is 3.81. The molecule has 3 fully saturated rings. The van der Waals surface area contributed by atoms with Crippen LogP contribution in [0.2, 0.25) is 0 Å². The molecular weight excluding hydrogens is 295 g/mol. The monoisotopic (exact) mass is 318 g/mol. The molecule has 5 nitrogen and oxygen atoms in total. The molecule has 1 aromatic rings. The third-order valence-electron chi connectivity index (χ3n) is 5.36. The molecule has 0 radical (unpaired) electrons. The Kier molecular flexibility index (Phi) is 3.91. The Morgan fingerprint density at radius 3 is 2.61 bits per heavy atom. The highest BCUT2D eigenvalue weighted by Crippen LogP contribution is 2.39. The van der Waals surface area contributed by atoms with Gasteiger partial charge in [0.25, 0.3) is 0 Å². The molecule has 124 valence electrons. The summed E-state index contributed by atoms with van der Waals surface area (Å²) in [5, 5.41) is 0. The highest BCUT2D eigenvalue weighted by Gasteiger charge is 2.36. The Labute approximate surface area is 135 Å². The minimum Gasteiger partial charge on any atom is -0.356 e. The zero-order valence-electron chi connectivity index (χ0n) is 13.3. The predicted molar refractivity (Wildman–Crippen MR) is 85.0 cm³/mol. The molecule has 4 rings (SSSR count). The highest BCUT2D eigenvalue weighted by atomic mass is 19.1. The maximum absolute atomic E-state index is 12.8. The van der Waals surface area contributed by atoms with E-state index in [9.17, 15) is 9.18 Å². The molecule has 1 unspecified atom stereocenters. The fraction of sp³-hybridized carbons (Fsp3) is 0.706. The van der Waals surface area contributed by atoms with Crippen LogP contribution in [0.15, 0.2) is 12.4 Å². The van der Waals surface area contributed by atoms with Gasteiger partial charge < -0.3 is 9.80 Å². The van der Waals surface area contributed by atoms with Gasteiger partial charge in [0.05, 0.1) is 6.67 Å². The smallest absolute Gasteiger partial charge is 0.223 e. The first-order chi connectivity index (χ1) is 11.2. The number of alkyl halides is 1. The van der Waals surface area contributed by atoms with Crippen LogP contribution in [0, 0.1) is 5.92 Å². The van der Waals surface area contributed by atoms with E-state index in [1.165, 1.54) is 12.8 Å². The average molecular weight is 318 g/mol. The number of hydrogen-bond donors (Lipinski definition) is 0. The molecular formula is C17H23FN4O. The number of carbonyl (C=O) groups is 1. The van der Waals surface area contributed by atoms with E-state index in [1.807, 2.05) is 4.90 Å². The predicted octanol–water partition coefficient (Wildman–Crippen LogP) is 2.14. The summed E-state index contributed by atoms with van der Waals surface area (Å²) in [7, 11) is 0. The van der Waals surface area contributed by atoms with Gasteiger partial charge in [-0.15, -0.1) is 0 Å². The van der Waals surface area contributed by atoms with Gasteiger partial charge in [0.15, 0.2) is 0 Å². The van der Waals surface area contributed by atoms with E-state index in [2.05, 4.69) is 20.9 Å². The summed E-state index contributed by atoms with van der Waals surface area (Å²) in [4.78, 5) is 25.0. The lowest BCUT2D eigenvalue weighted by atomic mass is 10.0. The van der Waals surface area contributed by atoms with Crippen molar-refractivity contribution in [2.45, 2.75) is 44.1 Å². The van der Waals surface area contributed by atoms with Crippen molar-refractivity contribution in [1.82, 2.24) is 14.9 Å². The van der Waals surface area contributed by atoms with Crippen molar-refractivity contribution < 1.29 is 9.18 Å². The van der Waals surface area contributed by atoms with Crippen LogP contribution in [0.3, 0.4) is 0 Å². The Bertz CT molecular complexity index is 584. The molecule has 0 spiro atoms. The van der Waals surface area contributed by atoms with Gasteiger partial charge in [-0.2, -0.15) is 0 Å². The van der Waals surface area contributed by atoms with Gasteiger partial charge in [0.1, 0.15) is 12.1 Å². The number of amides is 1. The molecule has 3 aliphatic rings. The van der Waals surface area contributed by atoms with Gasteiger partial charge in [-0.05, 0) is 25.7 Å². The summed E-state index contributed by atoms with van der Waals surface area (Å²) in [5.41, 5.74) is 1.16. The molecule has 0 bridgehead atoms. The van der Waals surface area contributed by atoms with Crippen LogP contribution in [0.25, 0.3) is 0 Å². The first kappa shape index (κ1) is 14.8. The van der Waals surface area contributed by atoms with Crippen molar-refractivity contribution in [3.63, 3.8) is 0 Å². The lowest BCUT2D eigenvalue weighted by molar-refractivity contribution is -0.130. The molecule has 0 aromatic carbocycles. The number of carbonyl (C=O) groups excluding carboxylic acids is 1. The SMILES string of the molecule is O=C1CC(CF)CN1C1CCN(c2cc(C3CC3)ncn2)CC1. The number of rotatable bonds is 4. The van der Waals surface area contributed by atoms with Crippen LogP contribution in [0.5, 0.6) is 0 Å². The Hall–Kier alpha value is -1.72. The number of piperidine rings is 1. The van der Waals surface area contributed by atoms with Gasteiger partial charge in [0, 0.05) is 55.7 Å². The van der Waals surface area contributed by atoms with E-state index >= 15 is 0 Å². The van der Waals surface area contributed by atoms with E-state index in [1.54, 1.807) is 6.33 Å². The largest absolute Gasteiger partial charge is 0.356 e. The topological polar surface area (TPSA) is 49.3 Å². The highest BCUT2D eigenvalue weighted by molar-refractivity contribution is 5.79. The lowest BCUT2D eigenvalue weighted by Crippen LogP contribution is -2.46. The number of nitrogens with zero attached hydrogens (tertiary/aromatic N) is 4. The molecule has 6 heteroatoms. The standard InChI is InChI=1S/C17H23FN4O/c18-9-12-7-17(23)22(10-12)14-3-5-21(6-4-14)16-8-15(13-1-2-13)19-11-20-16/h8,11-14H,1-7,9-10H2. The maximum Gasteiger partial charge on any atom is 0.223 e. The van der Waals surface area contributed by atoms with Gasteiger partial charge in [-0.25, -0.2) is 9.97 Å². The average Bonchev–Trinajstić information content (AvgIpc) is 3.38. The summed E-state index contributed by atoms with van der Waals surface area (Å²) in [6.07, 6.45) is 6.41. The van der Waals surface area contributed by atoms with Crippen molar-refractivity contribution in [2.24, 2.45) is 5.92 Å². The molecule has 2 saturated heterocycles. The molecule has 1 aliphatic carbocycles. The second kappa shape index (κ2) is 6.06. The fourth-order valence-corrected chi connectivity index (χ4v) is 3.81. The van der Waals surface area contributed by atoms with Crippen LogP contribution in [-0.2, 0) is 4.79 Å². The zero-order valence-corrected chi connectivity index (χ0v) is 13.3. The molecule has 1 aromatic heterocycles. The van der Waals surface area contributed by atoms with E-state index in [-0.39, 0.29) is 24.5 Å². The second-order valence-corrected chi connectivity index (χ2v) is 7.06. The molecule has 1 atom stereocenters. The minimum atomic E-state index is -0.383.